The van der Waals surface area contributed by atoms with Crippen molar-refractivity contribution in [2.24, 2.45) is 5.41 Å². The highest BCUT2D eigenvalue weighted by Crippen LogP contribution is 2.30. The molecule has 2 heterocycles. The van der Waals surface area contributed by atoms with Crippen molar-refractivity contribution >= 4 is 23.8 Å². The molecule has 0 radical (unpaired) electrons. The summed E-state index contributed by atoms with van der Waals surface area (Å²) in [5, 5.41) is 2.39. The second-order valence-corrected chi connectivity index (χ2v) is 6.94. The van der Waals surface area contributed by atoms with E-state index in [0.29, 0.717) is 0 Å². The fourth-order valence-corrected chi connectivity index (χ4v) is 2.43. The average molecular weight is 394 g/mol. The van der Waals surface area contributed by atoms with Crippen molar-refractivity contribution in [3.8, 4) is 11.5 Å². The van der Waals surface area contributed by atoms with Crippen LogP contribution in [0.1, 0.15) is 37.7 Å². The van der Waals surface area contributed by atoms with Crippen LogP contribution >= 0.6 is 0 Å². The Bertz CT molecular complexity index is 790. The van der Waals surface area contributed by atoms with Crippen molar-refractivity contribution in [1.29, 1.82) is 0 Å². The maximum absolute atomic E-state index is 12.7. The Morgan fingerprint density at radius 1 is 1.29 bits per heavy atom. The molecule has 10 heteroatoms. The SMILES string of the molecule is COc1ccnc(C(=O)N[C@H]2COC(=O)CC(C)(C)COC2=O)c1OC(C)=O. The zero-order chi connectivity index (χ0) is 20.9. The Hall–Kier alpha value is -3.17. The van der Waals surface area contributed by atoms with E-state index in [2.05, 4.69) is 10.3 Å². The molecule has 1 aromatic heterocycles. The van der Waals surface area contributed by atoms with Gasteiger partial charge in [-0.3, -0.25) is 14.4 Å². The molecule has 1 saturated heterocycles. The molecule has 152 valence electrons. The normalized spacial score (nSPS) is 19.2. The largest absolute Gasteiger partial charge is 0.493 e. The van der Waals surface area contributed by atoms with Crippen molar-refractivity contribution in [3.05, 3.63) is 18.0 Å². The van der Waals surface area contributed by atoms with Crippen LogP contribution in [-0.4, -0.2) is 55.2 Å². The van der Waals surface area contributed by atoms with Gasteiger partial charge in [0.2, 0.25) is 5.75 Å². The predicted octanol–water partition coefficient (Wildman–Crippen LogP) is 0.630. The van der Waals surface area contributed by atoms with Crippen LogP contribution in [0.2, 0.25) is 0 Å². The van der Waals surface area contributed by atoms with Crippen LogP contribution in [0.3, 0.4) is 0 Å². The first-order valence-corrected chi connectivity index (χ1v) is 8.47. The number of hydrogen-bond donors (Lipinski definition) is 1. The number of cyclic esters (lactones) is 2. The Kier molecular flexibility index (Phi) is 6.55. The van der Waals surface area contributed by atoms with Gasteiger partial charge in [0.05, 0.1) is 20.1 Å². The fraction of sp³-hybridized carbons (Fsp3) is 0.500. The van der Waals surface area contributed by atoms with Crippen LogP contribution in [0.15, 0.2) is 12.3 Å². The maximum Gasteiger partial charge on any atom is 0.332 e. The van der Waals surface area contributed by atoms with Crippen LogP contribution in [0.5, 0.6) is 11.5 Å². The minimum absolute atomic E-state index is 0.0105. The van der Waals surface area contributed by atoms with Gasteiger partial charge in [-0.2, -0.15) is 0 Å². The highest BCUT2D eigenvalue weighted by molar-refractivity contribution is 5.98. The lowest BCUT2D eigenvalue weighted by molar-refractivity contribution is -0.149. The molecule has 1 fully saturated rings. The lowest BCUT2D eigenvalue weighted by Crippen LogP contribution is -2.45. The second kappa shape index (κ2) is 8.68. The summed E-state index contributed by atoms with van der Waals surface area (Å²) in [6.45, 7) is 4.26. The number of amides is 1. The molecule has 0 aliphatic carbocycles. The van der Waals surface area contributed by atoms with Gasteiger partial charge in [-0.15, -0.1) is 0 Å². The molecule has 0 bridgehead atoms. The van der Waals surface area contributed by atoms with Gasteiger partial charge in [-0.25, -0.2) is 9.78 Å². The molecule has 10 nitrogen and oxygen atoms in total. The first kappa shape index (κ1) is 21.1. The molecule has 1 aliphatic heterocycles. The lowest BCUT2D eigenvalue weighted by atomic mass is 9.91. The van der Waals surface area contributed by atoms with Crippen molar-refractivity contribution in [2.75, 3.05) is 20.3 Å². The summed E-state index contributed by atoms with van der Waals surface area (Å²) in [7, 11) is 1.33. The van der Waals surface area contributed by atoms with Crippen molar-refractivity contribution in [1.82, 2.24) is 10.3 Å². The Morgan fingerprint density at radius 3 is 2.64 bits per heavy atom. The summed E-state index contributed by atoms with van der Waals surface area (Å²) >= 11 is 0. The van der Waals surface area contributed by atoms with E-state index < -0.39 is 41.9 Å². The summed E-state index contributed by atoms with van der Waals surface area (Å²) < 4.78 is 20.4. The molecular weight excluding hydrogens is 372 g/mol. The maximum atomic E-state index is 12.7. The number of pyridine rings is 1. The van der Waals surface area contributed by atoms with Gasteiger partial charge >= 0.3 is 17.9 Å². The number of methoxy groups -OCH3 is 1. The van der Waals surface area contributed by atoms with Crippen molar-refractivity contribution < 1.29 is 38.1 Å². The molecule has 1 aliphatic rings. The summed E-state index contributed by atoms with van der Waals surface area (Å²) in [5.74, 6) is -2.86. The number of nitrogens with one attached hydrogen (secondary N) is 1. The highest BCUT2D eigenvalue weighted by Gasteiger charge is 2.33. The standard InChI is InChI=1S/C18H22N2O8/c1-10(21)28-15-12(25-4)5-6-19-14(15)16(23)20-11-8-26-13(22)7-18(2,3)9-27-17(11)24/h5-6,11H,7-9H2,1-4H3,(H,20,23)/t11-/m0/s1. The average Bonchev–Trinajstić information content (AvgIpc) is 2.65. The van der Waals surface area contributed by atoms with E-state index >= 15 is 0 Å². The van der Waals surface area contributed by atoms with Crippen molar-refractivity contribution in [2.45, 2.75) is 33.2 Å². The summed E-state index contributed by atoms with van der Waals surface area (Å²) in [6.07, 6.45) is 1.35. The smallest absolute Gasteiger partial charge is 0.332 e. The molecule has 0 spiro atoms. The van der Waals surface area contributed by atoms with Crippen LogP contribution in [0.25, 0.3) is 0 Å². The van der Waals surface area contributed by atoms with Crippen LogP contribution in [0, 0.1) is 5.41 Å². The van der Waals surface area contributed by atoms with E-state index in [0.717, 1.165) is 6.92 Å². The van der Waals surface area contributed by atoms with E-state index in [-0.39, 0.29) is 30.2 Å². The van der Waals surface area contributed by atoms with E-state index in [1.54, 1.807) is 13.8 Å². The first-order valence-electron chi connectivity index (χ1n) is 8.47. The minimum atomic E-state index is -1.25. The minimum Gasteiger partial charge on any atom is -0.493 e. The Labute approximate surface area is 161 Å². The van der Waals surface area contributed by atoms with Gasteiger partial charge in [0.1, 0.15) is 6.61 Å². The monoisotopic (exact) mass is 394 g/mol. The molecule has 1 amide bonds. The number of aromatic nitrogens is 1. The summed E-state index contributed by atoms with van der Waals surface area (Å²) in [6, 6.07) is 0.163. The van der Waals surface area contributed by atoms with E-state index in [4.69, 9.17) is 18.9 Å². The zero-order valence-corrected chi connectivity index (χ0v) is 16.1. The van der Waals surface area contributed by atoms with Crippen LogP contribution < -0.4 is 14.8 Å². The predicted molar refractivity (Wildman–Crippen MR) is 93.7 cm³/mol. The van der Waals surface area contributed by atoms with Gasteiger partial charge < -0.3 is 24.3 Å². The molecule has 0 unspecified atom stereocenters. The third-order valence-electron chi connectivity index (χ3n) is 3.78. The molecular formula is C18H22N2O8. The van der Waals surface area contributed by atoms with Gasteiger partial charge in [0.25, 0.3) is 5.91 Å². The first-order chi connectivity index (χ1) is 13.1. The summed E-state index contributed by atoms with van der Waals surface area (Å²) in [5.41, 5.74) is -0.864. The summed E-state index contributed by atoms with van der Waals surface area (Å²) in [4.78, 5) is 52.1. The molecule has 1 N–H and O–H groups in total. The van der Waals surface area contributed by atoms with Gasteiger partial charge in [0.15, 0.2) is 17.5 Å². The van der Waals surface area contributed by atoms with Gasteiger partial charge in [-0.1, -0.05) is 13.8 Å². The molecule has 1 atom stereocenters. The fourth-order valence-electron chi connectivity index (χ4n) is 2.43. The molecule has 28 heavy (non-hydrogen) atoms. The van der Waals surface area contributed by atoms with Gasteiger partial charge in [-0.05, 0) is 0 Å². The molecule has 1 aromatic rings. The topological polar surface area (TPSA) is 130 Å². The lowest BCUT2D eigenvalue weighted by Gasteiger charge is -2.21. The molecule has 0 saturated carbocycles. The molecule has 0 aromatic carbocycles. The number of hydrogen-bond acceptors (Lipinski definition) is 9. The number of carbonyl (C=O) groups is 4. The van der Waals surface area contributed by atoms with Crippen LogP contribution in [-0.2, 0) is 23.9 Å². The quantitative estimate of drug-likeness (QED) is 0.731. The van der Waals surface area contributed by atoms with Crippen LogP contribution in [0.4, 0.5) is 0 Å². The number of ether oxygens (including phenoxy) is 4. The number of carbonyl (C=O) groups excluding carboxylic acids is 4. The Balaban J connectivity index is 2.24. The van der Waals surface area contributed by atoms with E-state index in [1.807, 2.05) is 0 Å². The van der Waals surface area contributed by atoms with Gasteiger partial charge in [0, 0.05) is 24.6 Å². The zero-order valence-electron chi connectivity index (χ0n) is 16.1. The van der Waals surface area contributed by atoms with E-state index in [9.17, 15) is 19.2 Å². The third-order valence-corrected chi connectivity index (χ3v) is 3.78. The molecule has 2 rings (SSSR count). The number of nitrogens with zero attached hydrogens (tertiary/aromatic N) is 1. The van der Waals surface area contributed by atoms with Crippen molar-refractivity contribution in [3.63, 3.8) is 0 Å². The second-order valence-electron chi connectivity index (χ2n) is 6.94. The Morgan fingerprint density at radius 2 is 2.00 bits per heavy atom. The number of rotatable bonds is 4. The number of esters is 3. The highest BCUT2D eigenvalue weighted by atomic mass is 16.6. The third kappa shape index (κ3) is 5.41. The van der Waals surface area contributed by atoms with E-state index in [1.165, 1.54) is 19.4 Å².